The van der Waals surface area contributed by atoms with Crippen LogP contribution in [0.2, 0.25) is 0 Å². The van der Waals surface area contributed by atoms with Crippen molar-refractivity contribution < 1.29 is 4.42 Å². The summed E-state index contributed by atoms with van der Waals surface area (Å²) in [4.78, 5) is 4.17. The Morgan fingerprint density at radius 2 is 2.32 bits per heavy atom. The average Bonchev–Trinajstić information content (AvgIpc) is 2.88. The van der Waals surface area contributed by atoms with E-state index in [1.165, 1.54) is 0 Å². The largest absolute Gasteiger partial charge is 0.444 e. The van der Waals surface area contributed by atoms with Crippen LogP contribution in [0.15, 0.2) is 28.8 Å². The Labute approximate surface area is 112 Å². The smallest absolute Gasteiger partial charge is 0.213 e. The molecule has 0 atom stereocenters. The van der Waals surface area contributed by atoms with Crippen molar-refractivity contribution in [1.82, 2.24) is 4.98 Å². The molecule has 5 heteroatoms. The van der Waals surface area contributed by atoms with E-state index >= 15 is 0 Å². The molecule has 1 aromatic heterocycles. The number of aromatic nitrogens is 1. The standard InChI is InChI=1S/C14H16N4O/c1-2-12-8-18-14(19-12)9-17-11-3-4-13(16)10(7-11)5-6-15/h3-4,7-8,17H,2,5,9,16H2,1H3. The van der Waals surface area contributed by atoms with Crippen molar-refractivity contribution in [1.29, 1.82) is 5.26 Å². The quantitative estimate of drug-likeness (QED) is 0.802. The van der Waals surface area contributed by atoms with Crippen LogP contribution in [-0.2, 0) is 19.4 Å². The van der Waals surface area contributed by atoms with Gasteiger partial charge in [-0.3, -0.25) is 0 Å². The number of rotatable bonds is 5. The van der Waals surface area contributed by atoms with Gasteiger partial charge in [-0.2, -0.15) is 5.26 Å². The third-order valence-corrected chi connectivity index (χ3v) is 2.81. The molecule has 2 rings (SSSR count). The SMILES string of the molecule is CCc1cnc(CNc2ccc(N)c(CC#N)c2)o1. The Morgan fingerprint density at radius 1 is 1.47 bits per heavy atom. The van der Waals surface area contributed by atoms with Crippen LogP contribution in [0.25, 0.3) is 0 Å². The number of nitriles is 1. The Bertz CT molecular complexity index is 598. The van der Waals surface area contributed by atoms with E-state index in [0.29, 0.717) is 24.5 Å². The van der Waals surface area contributed by atoms with Crippen LogP contribution in [0.4, 0.5) is 11.4 Å². The Hall–Kier alpha value is -2.48. The highest BCUT2D eigenvalue weighted by atomic mass is 16.4. The van der Waals surface area contributed by atoms with Gasteiger partial charge in [0.25, 0.3) is 0 Å². The minimum Gasteiger partial charge on any atom is -0.444 e. The molecule has 0 bridgehead atoms. The monoisotopic (exact) mass is 256 g/mol. The normalized spacial score (nSPS) is 10.1. The molecule has 1 aromatic carbocycles. The lowest BCUT2D eigenvalue weighted by Gasteiger charge is -2.07. The van der Waals surface area contributed by atoms with Crippen LogP contribution >= 0.6 is 0 Å². The van der Waals surface area contributed by atoms with Gasteiger partial charge in [0.15, 0.2) is 0 Å². The maximum absolute atomic E-state index is 8.72. The fourth-order valence-electron chi connectivity index (χ4n) is 1.72. The third kappa shape index (κ3) is 3.26. The van der Waals surface area contributed by atoms with Crippen LogP contribution in [-0.4, -0.2) is 4.98 Å². The van der Waals surface area contributed by atoms with Gasteiger partial charge in [-0.05, 0) is 23.8 Å². The zero-order valence-corrected chi connectivity index (χ0v) is 10.8. The van der Waals surface area contributed by atoms with Gasteiger partial charge < -0.3 is 15.5 Å². The Kier molecular flexibility index (Phi) is 4.04. The second-order valence-corrected chi connectivity index (χ2v) is 4.18. The predicted octanol–water partition coefficient (Wildman–Crippen LogP) is 2.50. The Balaban J connectivity index is 2.03. The van der Waals surface area contributed by atoms with E-state index in [2.05, 4.69) is 16.4 Å². The van der Waals surface area contributed by atoms with E-state index < -0.39 is 0 Å². The maximum atomic E-state index is 8.72. The van der Waals surface area contributed by atoms with Crippen LogP contribution in [0.3, 0.4) is 0 Å². The van der Waals surface area contributed by atoms with Crippen molar-refractivity contribution in [3.8, 4) is 6.07 Å². The molecule has 0 unspecified atom stereocenters. The summed E-state index contributed by atoms with van der Waals surface area (Å²) < 4.78 is 5.51. The molecule has 0 radical (unpaired) electrons. The molecular weight excluding hydrogens is 240 g/mol. The molecular formula is C14H16N4O. The van der Waals surface area contributed by atoms with Crippen molar-refractivity contribution in [3.05, 3.63) is 41.6 Å². The van der Waals surface area contributed by atoms with E-state index in [9.17, 15) is 0 Å². The molecule has 3 N–H and O–H groups in total. The molecule has 5 nitrogen and oxygen atoms in total. The third-order valence-electron chi connectivity index (χ3n) is 2.81. The number of hydrogen-bond acceptors (Lipinski definition) is 5. The lowest BCUT2D eigenvalue weighted by molar-refractivity contribution is 0.466. The van der Waals surface area contributed by atoms with Gasteiger partial charge in [0, 0.05) is 17.8 Å². The predicted molar refractivity (Wildman–Crippen MR) is 73.4 cm³/mol. The van der Waals surface area contributed by atoms with Gasteiger partial charge in [0.05, 0.1) is 25.2 Å². The number of anilines is 2. The summed E-state index contributed by atoms with van der Waals surface area (Å²) in [5.74, 6) is 1.52. The number of nitrogens with two attached hydrogens (primary N) is 1. The Morgan fingerprint density at radius 3 is 3.00 bits per heavy atom. The molecule has 98 valence electrons. The van der Waals surface area contributed by atoms with Gasteiger partial charge in [-0.1, -0.05) is 6.92 Å². The fraction of sp³-hybridized carbons (Fsp3) is 0.286. The minimum atomic E-state index is 0.306. The van der Waals surface area contributed by atoms with Gasteiger partial charge >= 0.3 is 0 Å². The molecule has 1 heterocycles. The molecule has 0 spiro atoms. The van der Waals surface area contributed by atoms with Crippen LogP contribution in [0.1, 0.15) is 24.1 Å². The van der Waals surface area contributed by atoms with Gasteiger partial charge in [-0.25, -0.2) is 4.98 Å². The number of aryl methyl sites for hydroxylation is 1. The summed E-state index contributed by atoms with van der Waals surface area (Å²) in [7, 11) is 0. The van der Waals surface area contributed by atoms with Crippen molar-refractivity contribution in [2.24, 2.45) is 0 Å². The van der Waals surface area contributed by atoms with Gasteiger partial charge in [-0.15, -0.1) is 0 Å². The number of nitrogens with one attached hydrogen (secondary N) is 1. The molecule has 0 aliphatic rings. The average molecular weight is 256 g/mol. The highest BCUT2D eigenvalue weighted by Crippen LogP contribution is 2.19. The minimum absolute atomic E-state index is 0.306. The van der Waals surface area contributed by atoms with Crippen LogP contribution in [0.5, 0.6) is 0 Å². The first kappa shape index (κ1) is 13.0. The van der Waals surface area contributed by atoms with Gasteiger partial charge in [0.1, 0.15) is 5.76 Å². The van der Waals surface area contributed by atoms with Crippen molar-refractivity contribution >= 4 is 11.4 Å². The summed E-state index contributed by atoms with van der Waals surface area (Å²) >= 11 is 0. The summed E-state index contributed by atoms with van der Waals surface area (Å²) in [6, 6.07) is 7.64. The highest BCUT2D eigenvalue weighted by molar-refractivity contribution is 5.57. The first-order chi connectivity index (χ1) is 9.22. The van der Waals surface area contributed by atoms with Crippen molar-refractivity contribution in [2.45, 2.75) is 26.3 Å². The zero-order chi connectivity index (χ0) is 13.7. The summed E-state index contributed by atoms with van der Waals surface area (Å²) in [6.45, 7) is 2.53. The lowest BCUT2D eigenvalue weighted by Crippen LogP contribution is -2.01. The van der Waals surface area contributed by atoms with Crippen LogP contribution in [0, 0.1) is 11.3 Å². The van der Waals surface area contributed by atoms with E-state index in [1.54, 1.807) is 12.3 Å². The first-order valence-corrected chi connectivity index (χ1v) is 6.15. The van der Waals surface area contributed by atoms with E-state index in [1.807, 2.05) is 19.1 Å². The highest BCUT2D eigenvalue weighted by Gasteiger charge is 2.04. The molecule has 0 fully saturated rings. The molecule has 0 aliphatic carbocycles. The number of benzene rings is 1. The number of hydrogen-bond donors (Lipinski definition) is 2. The zero-order valence-electron chi connectivity index (χ0n) is 10.8. The molecule has 2 aromatic rings. The van der Waals surface area contributed by atoms with Crippen molar-refractivity contribution in [2.75, 3.05) is 11.1 Å². The molecule has 0 aliphatic heterocycles. The summed E-state index contributed by atoms with van der Waals surface area (Å²) in [6.07, 6.45) is 2.88. The van der Waals surface area contributed by atoms with E-state index in [4.69, 9.17) is 15.4 Å². The first-order valence-electron chi connectivity index (χ1n) is 6.15. The fourth-order valence-corrected chi connectivity index (χ4v) is 1.72. The van der Waals surface area contributed by atoms with Crippen LogP contribution < -0.4 is 11.1 Å². The topological polar surface area (TPSA) is 87.9 Å². The summed E-state index contributed by atoms with van der Waals surface area (Å²) in [5, 5.41) is 11.9. The molecule has 0 saturated carbocycles. The maximum Gasteiger partial charge on any atom is 0.213 e. The van der Waals surface area contributed by atoms with Crippen molar-refractivity contribution in [3.63, 3.8) is 0 Å². The number of nitrogens with zero attached hydrogens (tertiary/aromatic N) is 2. The second kappa shape index (κ2) is 5.91. The number of oxazole rings is 1. The summed E-state index contributed by atoms with van der Waals surface area (Å²) in [5.41, 5.74) is 8.16. The van der Waals surface area contributed by atoms with E-state index in [0.717, 1.165) is 23.4 Å². The molecule has 0 saturated heterocycles. The molecule has 0 amide bonds. The second-order valence-electron chi connectivity index (χ2n) is 4.18. The van der Waals surface area contributed by atoms with E-state index in [-0.39, 0.29) is 0 Å². The lowest BCUT2D eigenvalue weighted by atomic mass is 10.1. The number of nitrogen functional groups attached to an aromatic ring is 1. The van der Waals surface area contributed by atoms with Gasteiger partial charge in [0.2, 0.25) is 5.89 Å². The molecule has 19 heavy (non-hydrogen) atoms.